The van der Waals surface area contributed by atoms with Crippen LogP contribution in [-0.2, 0) is 16.0 Å². The van der Waals surface area contributed by atoms with Gasteiger partial charge in [-0.25, -0.2) is 0 Å². The summed E-state index contributed by atoms with van der Waals surface area (Å²) >= 11 is 0. The molecule has 0 aliphatic carbocycles. The first kappa shape index (κ1) is 20.6. The van der Waals surface area contributed by atoms with Gasteiger partial charge in [-0.05, 0) is 43.0 Å². The van der Waals surface area contributed by atoms with Crippen molar-refractivity contribution >= 4 is 17.4 Å². The molecule has 0 spiro atoms. The van der Waals surface area contributed by atoms with E-state index in [1.54, 1.807) is 4.90 Å². The van der Waals surface area contributed by atoms with Gasteiger partial charge in [-0.3, -0.25) is 9.59 Å². The number of hydrogen-bond donors (Lipinski definition) is 1. The maximum atomic E-state index is 13.1. The number of amides is 1. The van der Waals surface area contributed by atoms with Crippen molar-refractivity contribution in [1.29, 1.82) is 0 Å². The molecule has 1 aliphatic heterocycles. The summed E-state index contributed by atoms with van der Waals surface area (Å²) in [4.78, 5) is 27.7. The number of rotatable bonds is 5. The zero-order valence-corrected chi connectivity index (χ0v) is 17.7. The summed E-state index contributed by atoms with van der Waals surface area (Å²) in [6, 6.07) is 24.4. The fourth-order valence-electron chi connectivity index (χ4n) is 4.12. The number of ketones is 1. The smallest absolute Gasteiger partial charge is 0.295 e. The normalized spacial score (nSPS) is 17.9. The number of Topliss-reactive ketones (excluding diaryl/α,β-unsaturated/α-hetero) is 1. The first-order valence-corrected chi connectivity index (χ1v) is 10.4. The minimum absolute atomic E-state index is 0.115. The van der Waals surface area contributed by atoms with Crippen molar-refractivity contribution in [2.24, 2.45) is 0 Å². The third-order valence-electron chi connectivity index (χ3n) is 5.79. The molecule has 4 nitrogen and oxygen atoms in total. The van der Waals surface area contributed by atoms with Crippen LogP contribution in [0.5, 0.6) is 0 Å². The highest BCUT2D eigenvalue weighted by atomic mass is 16.3. The van der Waals surface area contributed by atoms with E-state index in [0.29, 0.717) is 18.5 Å². The molecule has 4 heteroatoms. The maximum absolute atomic E-state index is 13.1. The highest BCUT2D eigenvalue weighted by Crippen LogP contribution is 2.39. The number of likely N-dealkylation sites (tertiary alicyclic amines) is 1. The summed E-state index contributed by atoms with van der Waals surface area (Å²) in [7, 11) is 0. The summed E-state index contributed by atoms with van der Waals surface area (Å²) in [5.74, 6) is -1.33. The molecule has 1 unspecified atom stereocenters. The van der Waals surface area contributed by atoms with Crippen LogP contribution >= 0.6 is 0 Å². The fourth-order valence-corrected chi connectivity index (χ4v) is 4.12. The van der Waals surface area contributed by atoms with E-state index in [2.05, 4.69) is 0 Å². The Morgan fingerprint density at radius 3 is 2.23 bits per heavy atom. The van der Waals surface area contributed by atoms with Crippen LogP contribution in [0.2, 0.25) is 0 Å². The standard InChI is InChI=1S/C27H25NO3/c1-18-13-14-19(2)22(17-18)25(29)23-24(21-11-7-4-8-12-21)28(27(31)26(23)30)16-15-20-9-5-3-6-10-20/h3-14,17,24,29H,15-16H2,1-2H3/b25-23+. The van der Waals surface area contributed by atoms with Gasteiger partial charge >= 0.3 is 0 Å². The minimum atomic E-state index is -0.639. The van der Waals surface area contributed by atoms with Gasteiger partial charge in [0.05, 0.1) is 11.6 Å². The number of nitrogens with zero attached hydrogens (tertiary/aromatic N) is 1. The van der Waals surface area contributed by atoms with E-state index < -0.39 is 17.7 Å². The minimum Gasteiger partial charge on any atom is -0.507 e. The van der Waals surface area contributed by atoms with Crippen LogP contribution in [0.4, 0.5) is 0 Å². The van der Waals surface area contributed by atoms with Crippen molar-refractivity contribution in [2.75, 3.05) is 6.54 Å². The molecule has 3 aromatic carbocycles. The molecule has 0 bridgehead atoms. The zero-order chi connectivity index (χ0) is 22.0. The second kappa shape index (κ2) is 8.60. The van der Waals surface area contributed by atoms with E-state index in [1.807, 2.05) is 92.7 Å². The number of benzene rings is 3. The van der Waals surface area contributed by atoms with E-state index in [9.17, 15) is 14.7 Å². The van der Waals surface area contributed by atoms with Crippen molar-refractivity contribution in [3.05, 3.63) is 112 Å². The van der Waals surface area contributed by atoms with Gasteiger partial charge in [0.25, 0.3) is 11.7 Å². The molecule has 1 amide bonds. The van der Waals surface area contributed by atoms with E-state index in [1.165, 1.54) is 0 Å². The highest BCUT2D eigenvalue weighted by molar-refractivity contribution is 6.46. The molecular formula is C27H25NO3. The van der Waals surface area contributed by atoms with Crippen molar-refractivity contribution in [2.45, 2.75) is 26.3 Å². The van der Waals surface area contributed by atoms with Gasteiger partial charge in [-0.2, -0.15) is 0 Å². The molecule has 3 aromatic rings. The van der Waals surface area contributed by atoms with Gasteiger partial charge in [0.15, 0.2) is 0 Å². The third kappa shape index (κ3) is 4.02. The molecule has 1 heterocycles. The van der Waals surface area contributed by atoms with Crippen LogP contribution in [0.1, 0.15) is 33.9 Å². The fraction of sp³-hybridized carbons (Fsp3) is 0.185. The highest BCUT2D eigenvalue weighted by Gasteiger charge is 2.45. The first-order valence-electron chi connectivity index (χ1n) is 10.4. The maximum Gasteiger partial charge on any atom is 0.295 e. The Morgan fingerprint density at radius 2 is 1.55 bits per heavy atom. The summed E-state index contributed by atoms with van der Waals surface area (Å²) < 4.78 is 0. The Labute approximate surface area is 182 Å². The lowest BCUT2D eigenvalue weighted by molar-refractivity contribution is -0.139. The van der Waals surface area contributed by atoms with Crippen molar-refractivity contribution in [3.8, 4) is 0 Å². The van der Waals surface area contributed by atoms with Gasteiger partial charge < -0.3 is 10.0 Å². The predicted molar refractivity (Wildman–Crippen MR) is 122 cm³/mol. The molecule has 4 rings (SSSR count). The Kier molecular flexibility index (Phi) is 5.72. The number of aryl methyl sites for hydroxylation is 2. The SMILES string of the molecule is Cc1ccc(C)c(/C(O)=C2\C(=O)C(=O)N(CCc3ccccc3)C2c2ccccc2)c1. The lowest BCUT2D eigenvalue weighted by atomic mass is 9.93. The van der Waals surface area contributed by atoms with E-state index in [4.69, 9.17) is 0 Å². The van der Waals surface area contributed by atoms with Crippen LogP contribution in [0.15, 0.2) is 84.4 Å². The van der Waals surface area contributed by atoms with Gasteiger partial charge in [0, 0.05) is 12.1 Å². The number of hydrogen-bond acceptors (Lipinski definition) is 3. The molecule has 156 valence electrons. The molecule has 1 saturated heterocycles. The summed E-state index contributed by atoms with van der Waals surface area (Å²) in [6.07, 6.45) is 0.626. The molecule has 1 fully saturated rings. The average Bonchev–Trinajstić information content (AvgIpc) is 3.05. The quantitative estimate of drug-likeness (QED) is 0.366. The summed E-state index contributed by atoms with van der Waals surface area (Å²) in [5.41, 5.74) is 4.46. The lowest BCUT2D eigenvalue weighted by Crippen LogP contribution is -2.31. The van der Waals surface area contributed by atoms with Crippen molar-refractivity contribution in [3.63, 3.8) is 0 Å². The van der Waals surface area contributed by atoms with E-state index in [-0.39, 0.29) is 11.3 Å². The number of carbonyl (C=O) groups is 2. The molecule has 31 heavy (non-hydrogen) atoms. The van der Waals surface area contributed by atoms with Crippen LogP contribution in [0.25, 0.3) is 5.76 Å². The van der Waals surface area contributed by atoms with Crippen LogP contribution in [-0.4, -0.2) is 28.2 Å². The third-order valence-corrected chi connectivity index (χ3v) is 5.79. The van der Waals surface area contributed by atoms with Crippen LogP contribution < -0.4 is 0 Å². The van der Waals surface area contributed by atoms with E-state index >= 15 is 0 Å². The molecule has 1 N–H and O–H groups in total. The second-order valence-electron chi connectivity index (χ2n) is 7.96. The zero-order valence-electron chi connectivity index (χ0n) is 17.7. The summed E-state index contributed by atoms with van der Waals surface area (Å²) in [5, 5.41) is 11.2. The molecule has 1 aliphatic rings. The number of carbonyl (C=O) groups excluding carboxylic acids is 2. The van der Waals surface area contributed by atoms with Crippen LogP contribution in [0, 0.1) is 13.8 Å². The van der Waals surface area contributed by atoms with Gasteiger partial charge in [-0.15, -0.1) is 0 Å². The topological polar surface area (TPSA) is 57.6 Å². The van der Waals surface area contributed by atoms with Crippen molar-refractivity contribution in [1.82, 2.24) is 4.90 Å². The average molecular weight is 412 g/mol. The van der Waals surface area contributed by atoms with E-state index in [0.717, 1.165) is 22.3 Å². The Hall–Kier alpha value is -3.66. The van der Waals surface area contributed by atoms with Gasteiger partial charge in [-0.1, -0.05) is 78.4 Å². The largest absolute Gasteiger partial charge is 0.507 e. The molecular weight excluding hydrogens is 386 g/mol. The molecule has 0 radical (unpaired) electrons. The van der Waals surface area contributed by atoms with Crippen LogP contribution in [0.3, 0.4) is 0 Å². The predicted octanol–water partition coefficient (Wildman–Crippen LogP) is 4.97. The van der Waals surface area contributed by atoms with Gasteiger partial charge in [0.1, 0.15) is 5.76 Å². The molecule has 0 aromatic heterocycles. The second-order valence-corrected chi connectivity index (χ2v) is 7.96. The summed E-state index contributed by atoms with van der Waals surface area (Å²) in [6.45, 7) is 4.21. The Balaban J connectivity index is 1.81. The van der Waals surface area contributed by atoms with Crippen molar-refractivity contribution < 1.29 is 14.7 Å². The van der Waals surface area contributed by atoms with Gasteiger partial charge in [0.2, 0.25) is 0 Å². The Bertz CT molecular complexity index is 1150. The molecule has 0 saturated carbocycles. The number of aliphatic hydroxyl groups excluding tert-OH is 1. The first-order chi connectivity index (χ1) is 15.0. The lowest BCUT2D eigenvalue weighted by Gasteiger charge is -2.25. The number of aliphatic hydroxyl groups is 1. The Morgan fingerprint density at radius 1 is 0.903 bits per heavy atom. The molecule has 1 atom stereocenters. The monoisotopic (exact) mass is 411 g/mol.